The Balaban J connectivity index is 2.71. The van der Waals surface area contributed by atoms with Gasteiger partial charge in [0.1, 0.15) is 0 Å². The molecule has 1 amide bonds. The van der Waals surface area contributed by atoms with Crippen LogP contribution in [-0.4, -0.2) is 54.5 Å². The highest BCUT2D eigenvalue weighted by molar-refractivity contribution is 5.81. The van der Waals surface area contributed by atoms with Gasteiger partial charge in [-0.05, 0) is 32.9 Å². The van der Waals surface area contributed by atoms with E-state index >= 15 is 0 Å². The number of nitrogens with zero attached hydrogens (tertiary/aromatic N) is 2. The zero-order valence-corrected chi connectivity index (χ0v) is 10.8. The van der Waals surface area contributed by atoms with E-state index in [4.69, 9.17) is 5.73 Å². The van der Waals surface area contributed by atoms with Gasteiger partial charge in [-0.25, -0.2) is 0 Å². The Kier molecular flexibility index (Phi) is 5.22. The summed E-state index contributed by atoms with van der Waals surface area (Å²) in [5, 5.41) is 0. The standard InChI is InChI=1S/C12H25N3O/c1-4-10-9-14(3)7-6-8-15(10)12(16)11(13)5-2/h10-11H,4-9,13H2,1-3H3/t10?,11-/m1/s1. The lowest BCUT2D eigenvalue weighted by Crippen LogP contribution is -2.50. The molecule has 1 aliphatic heterocycles. The molecule has 0 bridgehead atoms. The van der Waals surface area contributed by atoms with Crippen LogP contribution in [0, 0.1) is 0 Å². The van der Waals surface area contributed by atoms with Crippen LogP contribution in [0.2, 0.25) is 0 Å². The van der Waals surface area contributed by atoms with E-state index in [1.54, 1.807) is 0 Å². The van der Waals surface area contributed by atoms with Gasteiger partial charge in [0.15, 0.2) is 0 Å². The van der Waals surface area contributed by atoms with Crippen molar-refractivity contribution >= 4 is 5.91 Å². The first-order valence-corrected chi connectivity index (χ1v) is 6.34. The second-order valence-electron chi connectivity index (χ2n) is 4.72. The van der Waals surface area contributed by atoms with Gasteiger partial charge in [0.05, 0.1) is 6.04 Å². The molecule has 0 radical (unpaired) electrons. The summed E-state index contributed by atoms with van der Waals surface area (Å²) in [5.74, 6) is 0.129. The number of hydrogen-bond donors (Lipinski definition) is 1. The number of amides is 1. The second kappa shape index (κ2) is 6.21. The maximum absolute atomic E-state index is 12.1. The molecular formula is C12H25N3O. The van der Waals surface area contributed by atoms with E-state index in [0.717, 1.165) is 38.9 Å². The Morgan fingerprint density at radius 1 is 1.44 bits per heavy atom. The van der Waals surface area contributed by atoms with Crippen LogP contribution >= 0.6 is 0 Å². The smallest absolute Gasteiger partial charge is 0.239 e. The second-order valence-corrected chi connectivity index (χ2v) is 4.72. The number of carbonyl (C=O) groups is 1. The van der Waals surface area contributed by atoms with Gasteiger partial charge in [0.25, 0.3) is 0 Å². The molecule has 0 saturated carbocycles. The van der Waals surface area contributed by atoms with Gasteiger partial charge in [-0.15, -0.1) is 0 Å². The molecule has 1 aliphatic rings. The van der Waals surface area contributed by atoms with E-state index in [2.05, 4.69) is 18.9 Å². The van der Waals surface area contributed by atoms with Crippen molar-refractivity contribution in [3.05, 3.63) is 0 Å². The minimum absolute atomic E-state index is 0.129. The Morgan fingerprint density at radius 3 is 2.69 bits per heavy atom. The minimum atomic E-state index is -0.322. The molecule has 94 valence electrons. The fourth-order valence-electron chi connectivity index (χ4n) is 2.27. The summed E-state index contributed by atoms with van der Waals surface area (Å²) in [6.45, 7) is 7.00. The molecule has 2 atom stereocenters. The van der Waals surface area contributed by atoms with Crippen molar-refractivity contribution in [2.75, 3.05) is 26.7 Å². The number of hydrogen-bond acceptors (Lipinski definition) is 3. The van der Waals surface area contributed by atoms with E-state index in [1.165, 1.54) is 0 Å². The van der Waals surface area contributed by atoms with Crippen LogP contribution in [0.25, 0.3) is 0 Å². The fourth-order valence-corrected chi connectivity index (χ4v) is 2.27. The third-order valence-corrected chi connectivity index (χ3v) is 3.41. The lowest BCUT2D eigenvalue weighted by molar-refractivity contribution is -0.134. The van der Waals surface area contributed by atoms with Crippen molar-refractivity contribution in [3.63, 3.8) is 0 Å². The fraction of sp³-hybridized carbons (Fsp3) is 0.917. The molecule has 1 saturated heterocycles. The van der Waals surface area contributed by atoms with Gasteiger partial charge in [0, 0.05) is 19.1 Å². The topological polar surface area (TPSA) is 49.6 Å². The molecule has 1 fully saturated rings. The lowest BCUT2D eigenvalue weighted by Gasteiger charge is -2.32. The van der Waals surface area contributed by atoms with Crippen molar-refractivity contribution in [3.8, 4) is 0 Å². The Morgan fingerprint density at radius 2 is 2.12 bits per heavy atom. The number of likely N-dealkylation sites (N-methyl/N-ethyl adjacent to an activating group) is 1. The average molecular weight is 227 g/mol. The zero-order chi connectivity index (χ0) is 12.1. The van der Waals surface area contributed by atoms with Crippen LogP contribution in [0.5, 0.6) is 0 Å². The Labute approximate surface area is 98.8 Å². The first-order valence-electron chi connectivity index (χ1n) is 6.34. The maximum Gasteiger partial charge on any atom is 0.239 e. The molecule has 4 nitrogen and oxygen atoms in total. The molecule has 0 spiro atoms. The Hall–Kier alpha value is -0.610. The molecule has 0 aromatic rings. The van der Waals surface area contributed by atoms with E-state index < -0.39 is 0 Å². The Bertz CT molecular complexity index is 232. The van der Waals surface area contributed by atoms with Crippen LogP contribution < -0.4 is 5.73 Å². The van der Waals surface area contributed by atoms with E-state index in [-0.39, 0.29) is 11.9 Å². The summed E-state index contributed by atoms with van der Waals surface area (Å²) in [4.78, 5) is 16.4. The van der Waals surface area contributed by atoms with E-state index in [9.17, 15) is 4.79 Å². The van der Waals surface area contributed by atoms with Crippen LogP contribution in [0.1, 0.15) is 33.1 Å². The highest BCUT2D eigenvalue weighted by Crippen LogP contribution is 2.13. The molecule has 0 aliphatic carbocycles. The molecule has 2 N–H and O–H groups in total. The van der Waals surface area contributed by atoms with E-state index in [0.29, 0.717) is 6.04 Å². The minimum Gasteiger partial charge on any atom is -0.337 e. The number of rotatable bonds is 3. The van der Waals surface area contributed by atoms with Crippen molar-refractivity contribution < 1.29 is 4.79 Å². The van der Waals surface area contributed by atoms with Crippen LogP contribution in [0.15, 0.2) is 0 Å². The number of nitrogens with two attached hydrogens (primary N) is 1. The van der Waals surface area contributed by atoms with Gasteiger partial charge in [-0.1, -0.05) is 13.8 Å². The summed E-state index contributed by atoms with van der Waals surface area (Å²) in [6, 6.07) is 0.00931. The summed E-state index contributed by atoms with van der Waals surface area (Å²) in [6.07, 6.45) is 2.78. The monoisotopic (exact) mass is 227 g/mol. The largest absolute Gasteiger partial charge is 0.337 e. The highest BCUT2D eigenvalue weighted by Gasteiger charge is 2.28. The molecule has 1 rings (SSSR count). The molecule has 4 heteroatoms. The maximum atomic E-state index is 12.1. The van der Waals surface area contributed by atoms with Gasteiger partial charge in [-0.2, -0.15) is 0 Å². The molecule has 1 heterocycles. The third-order valence-electron chi connectivity index (χ3n) is 3.41. The molecule has 0 aromatic carbocycles. The van der Waals surface area contributed by atoms with E-state index in [1.807, 2.05) is 11.8 Å². The van der Waals surface area contributed by atoms with Crippen molar-refractivity contribution in [1.29, 1.82) is 0 Å². The summed E-state index contributed by atoms with van der Waals surface area (Å²) in [7, 11) is 2.12. The molecular weight excluding hydrogens is 202 g/mol. The van der Waals surface area contributed by atoms with Crippen LogP contribution in [-0.2, 0) is 4.79 Å². The van der Waals surface area contributed by atoms with Gasteiger partial charge >= 0.3 is 0 Å². The SMILES string of the molecule is CCC1CN(C)CCCN1C(=O)[C@H](N)CC. The molecule has 16 heavy (non-hydrogen) atoms. The first-order chi connectivity index (χ1) is 7.60. The quantitative estimate of drug-likeness (QED) is 0.771. The van der Waals surface area contributed by atoms with Crippen molar-refractivity contribution in [2.24, 2.45) is 5.73 Å². The normalized spacial score (nSPS) is 25.2. The lowest BCUT2D eigenvalue weighted by atomic mass is 10.1. The first kappa shape index (κ1) is 13.5. The summed E-state index contributed by atoms with van der Waals surface area (Å²) < 4.78 is 0. The van der Waals surface area contributed by atoms with Gasteiger partial charge in [0.2, 0.25) is 5.91 Å². The predicted octanol–water partition coefficient (Wildman–Crippen LogP) is 0.666. The van der Waals surface area contributed by atoms with Crippen molar-refractivity contribution in [2.45, 2.75) is 45.2 Å². The van der Waals surface area contributed by atoms with Crippen LogP contribution in [0.4, 0.5) is 0 Å². The summed E-state index contributed by atoms with van der Waals surface area (Å²) in [5.41, 5.74) is 5.85. The molecule has 0 aromatic heterocycles. The molecule has 1 unspecified atom stereocenters. The van der Waals surface area contributed by atoms with Gasteiger partial charge in [-0.3, -0.25) is 4.79 Å². The van der Waals surface area contributed by atoms with Crippen molar-refractivity contribution in [1.82, 2.24) is 9.80 Å². The third kappa shape index (κ3) is 3.19. The zero-order valence-electron chi connectivity index (χ0n) is 10.8. The highest BCUT2D eigenvalue weighted by atomic mass is 16.2. The van der Waals surface area contributed by atoms with Gasteiger partial charge < -0.3 is 15.5 Å². The predicted molar refractivity (Wildman–Crippen MR) is 66.2 cm³/mol. The van der Waals surface area contributed by atoms with Crippen LogP contribution in [0.3, 0.4) is 0 Å². The summed E-state index contributed by atoms with van der Waals surface area (Å²) >= 11 is 0. The number of carbonyl (C=O) groups excluding carboxylic acids is 1. The average Bonchev–Trinajstić information content (AvgIpc) is 2.48.